The van der Waals surface area contributed by atoms with Gasteiger partial charge in [0.15, 0.2) is 0 Å². The molecule has 1 aromatic rings. The summed E-state index contributed by atoms with van der Waals surface area (Å²) in [4.78, 5) is 11.9. The molecular formula is C14H18O2. The van der Waals surface area contributed by atoms with Gasteiger partial charge in [0, 0.05) is 0 Å². The van der Waals surface area contributed by atoms with Gasteiger partial charge >= 0.3 is 5.97 Å². The molecule has 86 valence electrons. The number of carbonyl (C=O) groups excluding carboxylic acids is 1. The summed E-state index contributed by atoms with van der Waals surface area (Å²) >= 11 is 0. The molecule has 0 amide bonds. The highest BCUT2D eigenvalue weighted by Gasteiger charge is 2.23. The lowest BCUT2D eigenvalue weighted by Gasteiger charge is -2.20. The summed E-state index contributed by atoms with van der Waals surface area (Å²) in [6.07, 6.45) is 5.56. The second-order valence-electron chi connectivity index (χ2n) is 4.52. The second-order valence-corrected chi connectivity index (χ2v) is 4.52. The molecule has 1 aromatic carbocycles. The minimum atomic E-state index is -0.0472. The number of para-hydroxylation sites is 1. The van der Waals surface area contributed by atoms with Crippen molar-refractivity contribution in [3.05, 3.63) is 29.8 Å². The quantitative estimate of drug-likeness (QED) is 0.561. The maximum absolute atomic E-state index is 11.9. The lowest BCUT2D eigenvalue weighted by molar-refractivity contribution is -0.140. The van der Waals surface area contributed by atoms with Gasteiger partial charge in [-0.15, -0.1) is 0 Å². The van der Waals surface area contributed by atoms with E-state index in [2.05, 4.69) is 0 Å². The highest BCUT2D eigenvalue weighted by atomic mass is 16.5. The Labute approximate surface area is 96.6 Å². The van der Waals surface area contributed by atoms with Crippen LogP contribution in [-0.4, -0.2) is 5.97 Å². The van der Waals surface area contributed by atoms with Crippen LogP contribution in [-0.2, 0) is 4.79 Å². The number of carbonyl (C=O) groups is 1. The number of hydrogen-bond acceptors (Lipinski definition) is 2. The predicted octanol–water partition coefficient (Wildman–Crippen LogP) is 3.48. The zero-order valence-electron chi connectivity index (χ0n) is 9.74. The fourth-order valence-electron chi connectivity index (χ4n) is 2.20. The lowest BCUT2D eigenvalue weighted by Crippen LogP contribution is -2.22. The van der Waals surface area contributed by atoms with E-state index in [0.717, 1.165) is 31.2 Å². The average molecular weight is 218 g/mol. The van der Waals surface area contributed by atoms with E-state index in [9.17, 15) is 4.79 Å². The van der Waals surface area contributed by atoms with Gasteiger partial charge in [0.1, 0.15) is 5.75 Å². The molecule has 0 spiro atoms. The molecule has 1 aliphatic carbocycles. The van der Waals surface area contributed by atoms with Crippen molar-refractivity contribution in [1.29, 1.82) is 0 Å². The molecule has 1 saturated carbocycles. The molecule has 0 aliphatic heterocycles. The van der Waals surface area contributed by atoms with Crippen LogP contribution < -0.4 is 4.74 Å². The Hall–Kier alpha value is -1.31. The molecule has 2 nitrogen and oxygen atoms in total. The molecule has 0 radical (unpaired) electrons. The number of benzene rings is 1. The van der Waals surface area contributed by atoms with Crippen LogP contribution in [0.1, 0.15) is 37.7 Å². The summed E-state index contributed by atoms with van der Waals surface area (Å²) in [7, 11) is 0. The molecule has 0 N–H and O–H groups in total. The van der Waals surface area contributed by atoms with Gasteiger partial charge in [0.2, 0.25) is 0 Å². The monoisotopic (exact) mass is 218 g/mol. The van der Waals surface area contributed by atoms with Gasteiger partial charge in [0.25, 0.3) is 0 Å². The van der Waals surface area contributed by atoms with Crippen LogP contribution in [0, 0.1) is 12.8 Å². The van der Waals surface area contributed by atoms with Crippen LogP contribution >= 0.6 is 0 Å². The SMILES string of the molecule is Cc1ccccc1OC(=O)C1CCCCC1. The van der Waals surface area contributed by atoms with Crippen molar-refractivity contribution in [3.63, 3.8) is 0 Å². The highest BCUT2D eigenvalue weighted by molar-refractivity contribution is 5.75. The Morgan fingerprint density at radius 2 is 1.88 bits per heavy atom. The second kappa shape index (κ2) is 5.15. The number of rotatable bonds is 2. The van der Waals surface area contributed by atoms with Crippen molar-refractivity contribution in [2.24, 2.45) is 5.92 Å². The Bertz CT molecular complexity index is 365. The van der Waals surface area contributed by atoms with Crippen molar-refractivity contribution >= 4 is 5.97 Å². The molecule has 1 aliphatic rings. The fourth-order valence-corrected chi connectivity index (χ4v) is 2.20. The molecule has 0 atom stereocenters. The maximum Gasteiger partial charge on any atom is 0.314 e. The van der Waals surface area contributed by atoms with E-state index in [4.69, 9.17) is 4.74 Å². The minimum Gasteiger partial charge on any atom is -0.426 e. The number of esters is 1. The molecule has 0 saturated heterocycles. The Kier molecular flexibility index (Phi) is 3.60. The van der Waals surface area contributed by atoms with Gasteiger partial charge in [-0.3, -0.25) is 4.79 Å². The first-order valence-electron chi connectivity index (χ1n) is 6.04. The molecule has 2 rings (SSSR count). The van der Waals surface area contributed by atoms with Gasteiger partial charge in [-0.1, -0.05) is 37.5 Å². The number of aryl methyl sites for hydroxylation is 1. The summed E-state index contributed by atoms with van der Waals surface area (Å²) in [6, 6.07) is 7.67. The third-order valence-corrected chi connectivity index (χ3v) is 3.24. The number of ether oxygens (including phenoxy) is 1. The summed E-state index contributed by atoms with van der Waals surface area (Å²) < 4.78 is 5.45. The van der Waals surface area contributed by atoms with Crippen molar-refractivity contribution in [2.75, 3.05) is 0 Å². The average Bonchev–Trinajstić information content (AvgIpc) is 2.33. The van der Waals surface area contributed by atoms with E-state index in [1.165, 1.54) is 6.42 Å². The van der Waals surface area contributed by atoms with Crippen molar-refractivity contribution in [1.82, 2.24) is 0 Å². The van der Waals surface area contributed by atoms with Crippen LogP contribution in [0.15, 0.2) is 24.3 Å². The summed E-state index contributed by atoms with van der Waals surface area (Å²) in [5, 5.41) is 0. The van der Waals surface area contributed by atoms with E-state index in [0.29, 0.717) is 5.75 Å². The normalized spacial score (nSPS) is 17.1. The van der Waals surface area contributed by atoms with Crippen LogP contribution in [0.2, 0.25) is 0 Å². The smallest absolute Gasteiger partial charge is 0.314 e. The van der Waals surface area contributed by atoms with E-state index in [1.807, 2.05) is 31.2 Å². The first-order valence-corrected chi connectivity index (χ1v) is 6.04. The van der Waals surface area contributed by atoms with E-state index >= 15 is 0 Å². The Morgan fingerprint density at radius 3 is 2.56 bits per heavy atom. The largest absolute Gasteiger partial charge is 0.426 e. The maximum atomic E-state index is 11.9. The van der Waals surface area contributed by atoms with Crippen LogP contribution in [0.4, 0.5) is 0 Å². The summed E-state index contributed by atoms with van der Waals surface area (Å²) in [5.41, 5.74) is 1.02. The van der Waals surface area contributed by atoms with E-state index < -0.39 is 0 Å². The lowest BCUT2D eigenvalue weighted by atomic mass is 9.89. The van der Waals surface area contributed by atoms with Crippen LogP contribution in [0.5, 0.6) is 5.75 Å². The van der Waals surface area contributed by atoms with Gasteiger partial charge in [-0.25, -0.2) is 0 Å². The van der Waals surface area contributed by atoms with Crippen molar-refractivity contribution in [3.8, 4) is 5.75 Å². The van der Waals surface area contributed by atoms with Gasteiger partial charge in [-0.05, 0) is 31.4 Å². The molecule has 0 bridgehead atoms. The molecular weight excluding hydrogens is 200 g/mol. The predicted molar refractivity (Wildman–Crippen MR) is 63.4 cm³/mol. The zero-order valence-corrected chi connectivity index (χ0v) is 9.74. The first kappa shape index (κ1) is 11.2. The Morgan fingerprint density at radius 1 is 1.19 bits per heavy atom. The molecule has 1 fully saturated rings. The Balaban J connectivity index is 1.99. The summed E-state index contributed by atoms with van der Waals surface area (Å²) in [6.45, 7) is 1.96. The third-order valence-electron chi connectivity index (χ3n) is 3.24. The molecule has 2 heteroatoms. The highest BCUT2D eigenvalue weighted by Crippen LogP contribution is 2.26. The van der Waals surface area contributed by atoms with E-state index in [1.54, 1.807) is 0 Å². The third kappa shape index (κ3) is 2.63. The van der Waals surface area contributed by atoms with Crippen LogP contribution in [0.3, 0.4) is 0 Å². The molecule has 0 aromatic heterocycles. The molecule has 0 heterocycles. The zero-order chi connectivity index (χ0) is 11.4. The van der Waals surface area contributed by atoms with E-state index in [-0.39, 0.29) is 11.9 Å². The fraction of sp³-hybridized carbons (Fsp3) is 0.500. The molecule has 0 unspecified atom stereocenters. The minimum absolute atomic E-state index is 0.0472. The van der Waals surface area contributed by atoms with Gasteiger partial charge < -0.3 is 4.74 Å². The topological polar surface area (TPSA) is 26.3 Å². The number of hydrogen-bond donors (Lipinski definition) is 0. The van der Waals surface area contributed by atoms with Crippen LogP contribution in [0.25, 0.3) is 0 Å². The summed E-state index contributed by atoms with van der Waals surface area (Å²) in [5.74, 6) is 0.778. The van der Waals surface area contributed by atoms with Gasteiger partial charge in [0.05, 0.1) is 5.92 Å². The van der Waals surface area contributed by atoms with Gasteiger partial charge in [-0.2, -0.15) is 0 Å². The standard InChI is InChI=1S/C14H18O2/c1-11-7-5-6-10-13(11)16-14(15)12-8-3-2-4-9-12/h5-7,10,12H,2-4,8-9H2,1H3. The van der Waals surface area contributed by atoms with Crippen molar-refractivity contribution in [2.45, 2.75) is 39.0 Å². The molecule has 16 heavy (non-hydrogen) atoms. The van der Waals surface area contributed by atoms with Crippen molar-refractivity contribution < 1.29 is 9.53 Å². The first-order chi connectivity index (χ1) is 7.77.